The van der Waals surface area contributed by atoms with Crippen LogP contribution in [0, 0.1) is 0 Å². The molecule has 0 saturated carbocycles. The molecule has 0 unspecified atom stereocenters. The molecule has 0 saturated heterocycles. The molecule has 2 rings (SSSR count). The first-order valence-electron chi connectivity index (χ1n) is 5.17. The van der Waals surface area contributed by atoms with Gasteiger partial charge in [-0.25, -0.2) is 0 Å². The second-order valence-corrected chi connectivity index (χ2v) is 4.43. The number of carbonyl (C=O) groups excluding carboxylic acids is 1. The Labute approximate surface area is 114 Å². The maximum atomic E-state index is 12.6. The topological polar surface area (TPSA) is 92.9 Å². The highest BCUT2D eigenvalue weighted by molar-refractivity contribution is 7.13. The van der Waals surface area contributed by atoms with Gasteiger partial charge in [-0.3, -0.25) is 16.0 Å². The number of aromatic nitrogens is 2. The summed E-state index contributed by atoms with van der Waals surface area (Å²) in [6.07, 6.45) is -4.55. The van der Waals surface area contributed by atoms with Crippen LogP contribution in [-0.2, 0) is 6.18 Å². The first-order valence-corrected chi connectivity index (χ1v) is 6.05. The quantitative estimate of drug-likeness (QED) is 0.596. The van der Waals surface area contributed by atoms with Gasteiger partial charge in [0.05, 0.1) is 16.8 Å². The third-order valence-electron chi connectivity index (χ3n) is 2.33. The second kappa shape index (κ2) is 5.43. The van der Waals surface area contributed by atoms with E-state index in [1.165, 1.54) is 5.51 Å². The van der Waals surface area contributed by atoms with E-state index in [1.54, 1.807) is 0 Å². The number of nitrogens with zero attached hydrogens (tertiary/aromatic N) is 2. The molecule has 20 heavy (non-hydrogen) atoms. The van der Waals surface area contributed by atoms with Crippen molar-refractivity contribution in [2.24, 2.45) is 5.84 Å². The Morgan fingerprint density at radius 3 is 2.65 bits per heavy atom. The zero-order chi connectivity index (χ0) is 14.8. The van der Waals surface area contributed by atoms with Crippen LogP contribution in [0.2, 0.25) is 0 Å². The smallest absolute Gasteiger partial charge is 0.323 e. The van der Waals surface area contributed by atoms with E-state index in [0.29, 0.717) is 6.07 Å². The number of benzene rings is 1. The zero-order valence-electron chi connectivity index (χ0n) is 9.73. The average Bonchev–Trinajstić information content (AvgIpc) is 2.89. The van der Waals surface area contributed by atoms with Crippen molar-refractivity contribution in [3.8, 4) is 0 Å². The highest BCUT2D eigenvalue weighted by atomic mass is 32.1. The molecule has 1 heterocycles. The minimum absolute atomic E-state index is 0.0695. The molecule has 1 amide bonds. The lowest BCUT2D eigenvalue weighted by atomic mass is 10.1. The number of amides is 1. The summed E-state index contributed by atoms with van der Waals surface area (Å²) >= 11 is 1.04. The molecule has 1 aromatic carbocycles. The van der Waals surface area contributed by atoms with E-state index < -0.39 is 17.6 Å². The van der Waals surface area contributed by atoms with E-state index in [0.717, 1.165) is 23.5 Å². The van der Waals surface area contributed by atoms with Crippen molar-refractivity contribution in [3.05, 3.63) is 34.8 Å². The third kappa shape index (κ3) is 3.03. The number of hydrogen-bond acceptors (Lipinski definition) is 6. The van der Waals surface area contributed by atoms with E-state index in [1.807, 2.05) is 0 Å². The van der Waals surface area contributed by atoms with E-state index in [2.05, 4.69) is 20.9 Å². The fourth-order valence-electron chi connectivity index (χ4n) is 1.43. The van der Waals surface area contributed by atoms with E-state index in [9.17, 15) is 18.0 Å². The lowest BCUT2D eigenvalue weighted by Crippen LogP contribution is -2.18. The lowest BCUT2D eigenvalue weighted by Gasteiger charge is -2.12. The highest BCUT2D eigenvalue weighted by Crippen LogP contribution is 2.32. The van der Waals surface area contributed by atoms with Gasteiger partial charge < -0.3 is 5.43 Å². The van der Waals surface area contributed by atoms with Crippen LogP contribution in [-0.4, -0.2) is 16.1 Å². The number of halogens is 3. The summed E-state index contributed by atoms with van der Waals surface area (Å²) in [7, 11) is 0. The van der Waals surface area contributed by atoms with Gasteiger partial charge in [0.1, 0.15) is 5.51 Å². The average molecular weight is 303 g/mol. The van der Waals surface area contributed by atoms with Crippen LogP contribution < -0.4 is 16.6 Å². The predicted molar refractivity (Wildman–Crippen MR) is 67.1 cm³/mol. The number of nitrogens with one attached hydrogen (secondary N) is 2. The predicted octanol–water partition coefficient (Wildman–Crippen LogP) is 2.09. The minimum atomic E-state index is -4.55. The number of nitrogens with two attached hydrogens (primary N) is 1. The summed E-state index contributed by atoms with van der Waals surface area (Å²) in [6.45, 7) is 0. The normalized spacial score (nSPS) is 11.2. The van der Waals surface area contributed by atoms with Gasteiger partial charge in [-0.1, -0.05) is 11.3 Å². The molecule has 0 aliphatic carbocycles. The standard InChI is InChI=1S/C10H8F3N5OS/c11-10(12,13)5-1-2-7(17-14)6(3-5)8(19)16-9-18-15-4-20-9/h1-4,17H,14H2,(H,16,18,19). The Bertz CT molecular complexity index is 614. The first-order chi connectivity index (χ1) is 9.41. The van der Waals surface area contributed by atoms with Crippen molar-refractivity contribution in [3.63, 3.8) is 0 Å². The van der Waals surface area contributed by atoms with Crippen molar-refractivity contribution in [2.45, 2.75) is 6.18 Å². The molecule has 0 aliphatic rings. The monoisotopic (exact) mass is 303 g/mol. The number of carbonyl (C=O) groups is 1. The van der Waals surface area contributed by atoms with E-state index in [4.69, 9.17) is 5.84 Å². The lowest BCUT2D eigenvalue weighted by molar-refractivity contribution is -0.137. The van der Waals surface area contributed by atoms with E-state index in [-0.39, 0.29) is 16.4 Å². The molecule has 0 atom stereocenters. The fraction of sp³-hybridized carbons (Fsp3) is 0.100. The van der Waals surface area contributed by atoms with Gasteiger partial charge >= 0.3 is 6.18 Å². The van der Waals surface area contributed by atoms with Gasteiger partial charge in [-0.15, -0.1) is 10.2 Å². The van der Waals surface area contributed by atoms with Gasteiger partial charge in [0.2, 0.25) is 5.13 Å². The van der Waals surface area contributed by atoms with Gasteiger partial charge in [0.25, 0.3) is 5.91 Å². The van der Waals surface area contributed by atoms with Gasteiger partial charge in [0, 0.05) is 0 Å². The molecular weight excluding hydrogens is 295 g/mol. The Morgan fingerprint density at radius 1 is 1.35 bits per heavy atom. The number of rotatable bonds is 3. The first kappa shape index (κ1) is 14.2. The Kier molecular flexibility index (Phi) is 3.86. The molecule has 106 valence electrons. The number of nitrogen functional groups attached to an aromatic ring is 1. The van der Waals surface area contributed by atoms with Crippen LogP contribution in [0.25, 0.3) is 0 Å². The van der Waals surface area contributed by atoms with Crippen LogP contribution in [0.1, 0.15) is 15.9 Å². The number of anilines is 2. The SMILES string of the molecule is NNc1ccc(C(F)(F)F)cc1C(=O)Nc1nncs1. The van der Waals surface area contributed by atoms with Crippen LogP contribution >= 0.6 is 11.3 Å². The molecule has 1 aromatic heterocycles. The maximum absolute atomic E-state index is 12.6. The van der Waals surface area contributed by atoms with Crippen LogP contribution in [0.3, 0.4) is 0 Å². The van der Waals surface area contributed by atoms with Gasteiger partial charge in [-0.2, -0.15) is 13.2 Å². The molecule has 6 nitrogen and oxygen atoms in total. The summed E-state index contributed by atoms with van der Waals surface area (Å²) in [5, 5.41) is 9.58. The van der Waals surface area contributed by atoms with Crippen molar-refractivity contribution >= 4 is 28.1 Å². The second-order valence-electron chi connectivity index (χ2n) is 3.60. The number of hydrazine groups is 1. The number of alkyl halides is 3. The summed E-state index contributed by atoms with van der Waals surface area (Å²) in [5.41, 5.74) is 2.44. The van der Waals surface area contributed by atoms with Gasteiger partial charge in [0.15, 0.2) is 0 Å². The van der Waals surface area contributed by atoms with Crippen molar-refractivity contribution < 1.29 is 18.0 Å². The Balaban J connectivity index is 2.35. The zero-order valence-corrected chi connectivity index (χ0v) is 10.5. The summed E-state index contributed by atoms with van der Waals surface area (Å²) in [6, 6.07) is 2.63. The summed E-state index contributed by atoms with van der Waals surface area (Å²) < 4.78 is 37.9. The Morgan fingerprint density at radius 2 is 2.10 bits per heavy atom. The molecule has 0 fully saturated rings. The van der Waals surface area contributed by atoms with Crippen molar-refractivity contribution in [1.29, 1.82) is 0 Å². The van der Waals surface area contributed by atoms with E-state index >= 15 is 0 Å². The Hall–Kier alpha value is -2.20. The fourth-order valence-corrected chi connectivity index (χ4v) is 1.87. The van der Waals surface area contributed by atoms with Crippen LogP contribution in [0.5, 0.6) is 0 Å². The number of hydrogen-bond donors (Lipinski definition) is 3. The minimum Gasteiger partial charge on any atom is -0.323 e. The summed E-state index contributed by atoms with van der Waals surface area (Å²) in [4.78, 5) is 11.9. The molecule has 0 radical (unpaired) electrons. The molecule has 0 spiro atoms. The largest absolute Gasteiger partial charge is 0.416 e. The van der Waals surface area contributed by atoms with Crippen LogP contribution in [0.15, 0.2) is 23.7 Å². The molecule has 10 heteroatoms. The van der Waals surface area contributed by atoms with Crippen molar-refractivity contribution in [2.75, 3.05) is 10.7 Å². The highest BCUT2D eigenvalue weighted by Gasteiger charge is 2.31. The van der Waals surface area contributed by atoms with Gasteiger partial charge in [-0.05, 0) is 18.2 Å². The molecule has 0 aliphatic heterocycles. The molecule has 4 N–H and O–H groups in total. The molecule has 0 bridgehead atoms. The van der Waals surface area contributed by atoms with Crippen molar-refractivity contribution in [1.82, 2.24) is 10.2 Å². The molecule has 2 aromatic rings. The third-order valence-corrected chi connectivity index (χ3v) is 2.93. The maximum Gasteiger partial charge on any atom is 0.416 e. The summed E-state index contributed by atoms with van der Waals surface area (Å²) in [5.74, 6) is 4.42. The van der Waals surface area contributed by atoms with Crippen LogP contribution in [0.4, 0.5) is 24.0 Å². The molecular formula is C10H8F3N5OS.